The Morgan fingerprint density at radius 2 is 2.25 bits per heavy atom. The summed E-state index contributed by atoms with van der Waals surface area (Å²) in [7, 11) is 1.71. The first kappa shape index (κ1) is 13.6. The minimum absolute atomic E-state index is 0.171. The summed E-state index contributed by atoms with van der Waals surface area (Å²) in [4.78, 5) is 0. The van der Waals surface area contributed by atoms with E-state index in [1.807, 2.05) is 0 Å². The molecule has 1 rings (SSSR count). The van der Waals surface area contributed by atoms with Crippen molar-refractivity contribution in [2.24, 2.45) is 5.84 Å². The third-order valence-corrected chi connectivity index (χ3v) is 3.26. The Hall–Kier alpha value is -0.420. The third-order valence-electron chi connectivity index (χ3n) is 2.57. The van der Waals surface area contributed by atoms with E-state index in [4.69, 9.17) is 10.6 Å². The number of hydrogen-bond donors (Lipinski definition) is 2. The number of benzene rings is 1. The van der Waals surface area contributed by atoms with Crippen molar-refractivity contribution in [2.45, 2.75) is 25.8 Å². The predicted octanol–water partition coefficient (Wildman–Crippen LogP) is 2.69. The molecule has 0 heterocycles. The fourth-order valence-electron chi connectivity index (χ4n) is 1.68. The van der Waals surface area contributed by atoms with E-state index < -0.39 is 0 Å². The van der Waals surface area contributed by atoms with Gasteiger partial charge in [0.2, 0.25) is 0 Å². The van der Waals surface area contributed by atoms with Gasteiger partial charge < -0.3 is 4.74 Å². The van der Waals surface area contributed by atoms with Crippen LogP contribution < -0.4 is 11.3 Å². The van der Waals surface area contributed by atoms with Crippen LogP contribution in [0.3, 0.4) is 0 Å². The summed E-state index contributed by atoms with van der Waals surface area (Å²) in [6.45, 7) is 2.84. The van der Waals surface area contributed by atoms with Gasteiger partial charge in [-0.1, -0.05) is 28.1 Å². The molecule has 0 aliphatic carbocycles. The molecule has 0 radical (unpaired) electrons. The number of rotatable bonds is 6. The number of nitrogens with one attached hydrogen (secondary N) is 1. The van der Waals surface area contributed by atoms with Gasteiger partial charge in [-0.25, -0.2) is 0 Å². The summed E-state index contributed by atoms with van der Waals surface area (Å²) in [6.07, 6.45) is 1.96. The van der Waals surface area contributed by atoms with Crippen molar-refractivity contribution in [2.75, 3.05) is 13.7 Å². The van der Waals surface area contributed by atoms with E-state index >= 15 is 0 Å². The normalized spacial score (nSPS) is 12.8. The highest BCUT2D eigenvalue weighted by Gasteiger charge is 2.12. The number of methoxy groups -OCH3 is 1. The Morgan fingerprint density at radius 1 is 1.50 bits per heavy atom. The summed E-state index contributed by atoms with van der Waals surface area (Å²) in [5, 5.41) is 0. The standard InChI is InChI=1S/C12H19BrN2O/c1-9-5-6-10(11(13)8-9)12(15-14)4-3-7-16-2/h5-6,8,12,15H,3-4,7,14H2,1-2H3. The lowest BCUT2D eigenvalue weighted by atomic mass is 10.0. The first-order valence-electron chi connectivity index (χ1n) is 5.40. The predicted molar refractivity (Wildman–Crippen MR) is 70.1 cm³/mol. The zero-order valence-electron chi connectivity index (χ0n) is 9.79. The Bertz CT molecular complexity index is 331. The van der Waals surface area contributed by atoms with Crippen LogP contribution in [-0.4, -0.2) is 13.7 Å². The van der Waals surface area contributed by atoms with Crippen LogP contribution in [0, 0.1) is 6.92 Å². The van der Waals surface area contributed by atoms with Crippen LogP contribution in [0.2, 0.25) is 0 Å². The number of halogens is 1. The van der Waals surface area contributed by atoms with Crippen molar-refractivity contribution >= 4 is 15.9 Å². The van der Waals surface area contributed by atoms with E-state index in [2.05, 4.69) is 46.5 Å². The third kappa shape index (κ3) is 3.87. The molecule has 0 aliphatic heterocycles. The quantitative estimate of drug-likeness (QED) is 0.480. The van der Waals surface area contributed by atoms with Crippen LogP contribution in [0.15, 0.2) is 22.7 Å². The summed E-state index contributed by atoms with van der Waals surface area (Å²) in [5.74, 6) is 5.58. The molecule has 0 saturated heterocycles. The smallest absolute Gasteiger partial charge is 0.0472 e. The number of aryl methyl sites for hydroxylation is 1. The van der Waals surface area contributed by atoms with Gasteiger partial charge in [-0.2, -0.15) is 0 Å². The number of ether oxygens (including phenoxy) is 1. The highest BCUT2D eigenvalue weighted by atomic mass is 79.9. The second-order valence-corrected chi connectivity index (χ2v) is 4.73. The topological polar surface area (TPSA) is 47.3 Å². The lowest BCUT2D eigenvalue weighted by Gasteiger charge is -2.18. The Morgan fingerprint density at radius 3 is 2.81 bits per heavy atom. The molecule has 0 bridgehead atoms. The molecule has 1 aromatic carbocycles. The van der Waals surface area contributed by atoms with E-state index in [1.165, 1.54) is 11.1 Å². The van der Waals surface area contributed by atoms with Gasteiger partial charge in [0.25, 0.3) is 0 Å². The second-order valence-electron chi connectivity index (χ2n) is 3.88. The van der Waals surface area contributed by atoms with Gasteiger partial charge in [0.15, 0.2) is 0 Å². The van der Waals surface area contributed by atoms with Gasteiger partial charge in [-0.15, -0.1) is 0 Å². The maximum Gasteiger partial charge on any atom is 0.0472 e. The van der Waals surface area contributed by atoms with Gasteiger partial charge in [-0.3, -0.25) is 11.3 Å². The average Bonchev–Trinajstić information content (AvgIpc) is 2.26. The van der Waals surface area contributed by atoms with Crippen molar-refractivity contribution in [3.8, 4) is 0 Å². The molecule has 1 aromatic rings. The first-order valence-corrected chi connectivity index (χ1v) is 6.19. The van der Waals surface area contributed by atoms with Gasteiger partial charge in [0.05, 0.1) is 0 Å². The summed E-state index contributed by atoms with van der Waals surface area (Å²) in [6, 6.07) is 6.48. The molecule has 3 nitrogen and oxygen atoms in total. The van der Waals surface area contributed by atoms with Crippen molar-refractivity contribution < 1.29 is 4.74 Å². The van der Waals surface area contributed by atoms with Gasteiger partial charge >= 0.3 is 0 Å². The molecule has 4 heteroatoms. The maximum absolute atomic E-state index is 5.58. The second kappa shape index (κ2) is 7.01. The Balaban J connectivity index is 2.70. The molecule has 1 atom stereocenters. The first-order chi connectivity index (χ1) is 7.69. The molecule has 0 spiro atoms. The zero-order chi connectivity index (χ0) is 12.0. The summed E-state index contributed by atoms with van der Waals surface area (Å²) in [5.41, 5.74) is 5.29. The highest BCUT2D eigenvalue weighted by Crippen LogP contribution is 2.26. The molecular formula is C12H19BrN2O. The lowest BCUT2D eigenvalue weighted by molar-refractivity contribution is 0.188. The zero-order valence-corrected chi connectivity index (χ0v) is 11.4. The van der Waals surface area contributed by atoms with Gasteiger partial charge in [0.1, 0.15) is 0 Å². The molecule has 1 unspecified atom stereocenters. The molecule has 0 aromatic heterocycles. The number of hydrazine groups is 1. The van der Waals surface area contributed by atoms with E-state index in [-0.39, 0.29) is 6.04 Å². The van der Waals surface area contributed by atoms with E-state index in [0.29, 0.717) is 0 Å². The largest absolute Gasteiger partial charge is 0.385 e. The molecule has 0 fully saturated rings. The van der Waals surface area contributed by atoms with Crippen LogP contribution in [-0.2, 0) is 4.74 Å². The molecule has 16 heavy (non-hydrogen) atoms. The fraction of sp³-hybridized carbons (Fsp3) is 0.500. The summed E-state index contributed by atoms with van der Waals surface area (Å²) < 4.78 is 6.15. The van der Waals surface area contributed by atoms with Crippen molar-refractivity contribution in [3.63, 3.8) is 0 Å². The van der Waals surface area contributed by atoms with E-state index in [1.54, 1.807) is 7.11 Å². The molecule has 0 aliphatic rings. The number of hydrogen-bond acceptors (Lipinski definition) is 3. The van der Waals surface area contributed by atoms with E-state index in [9.17, 15) is 0 Å². The van der Waals surface area contributed by atoms with Crippen LogP contribution in [0.25, 0.3) is 0 Å². The van der Waals surface area contributed by atoms with Crippen molar-refractivity contribution in [1.29, 1.82) is 0 Å². The minimum Gasteiger partial charge on any atom is -0.385 e. The van der Waals surface area contributed by atoms with Crippen molar-refractivity contribution in [1.82, 2.24) is 5.43 Å². The summed E-state index contributed by atoms with van der Waals surface area (Å²) >= 11 is 3.57. The van der Waals surface area contributed by atoms with Crippen LogP contribution in [0.5, 0.6) is 0 Å². The molecular weight excluding hydrogens is 268 g/mol. The fourth-order valence-corrected chi connectivity index (χ4v) is 2.44. The maximum atomic E-state index is 5.58. The van der Waals surface area contributed by atoms with Gasteiger partial charge in [0, 0.05) is 24.2 Å². The van der Waals surface area contributed by atoms with E-state index in [0.717, 1.165) is 23.9 Å². The molecule has 90 valence electrons. The van der Waals surface area contributed by atoms with Crippen LogP contribution in [0.4, 0.5) is 0 Å². The molecule has 0 amide bonds. The SMILES string of the molecule is COCCCC(NN)c1ccc(C)cc1Br. The van der Waals surface area contributed by atoms with Crippen LogP contribution in [0.1, 0.15) is 30.0 Å². The monoisotopic (exact) mass is 286 g/mol. The minimum atomic E-state index is 0.171. The van der Waals surface area contributed by atoms with Crippen molar-refractivity contribution in [3.05, 3.63) is 33.8 Å². The average molecular weight is 287 g/mol. The Labute approximate surface area is 105 Å². The lowest BCUT2D eigenvalue weighted by Crippen LogP contribution is -2.28. The van der Waals surface area contributed by atoms with Gasteiger partial charge in [-0.05, 0) is 37.0 Å². The number of nitrogens with two attached hydrogens (primary N) is 1. The molecule has 0 saturated carbocycles. The van der Waals surface area contributed by atoms with Crippen LogP contribution >= 0.6 is 15.9 Å². The highest BCUT2D eigenvalue weighted by molar-refractivity contribution is 9.10. The Kier molecular flexibility index (Phi) is 5.98. The molecule has 3 N–H and O–H groups in total.